The Morgan fingerprint density at radius 1 is 1.00 bits per heavy atom. The van der Waals surface area contributed by atoms with Gasteiger partial charge in [0.25, 0.3) is 0 Å². The SMILES string of the molecule is CCC(C)(O)CNC(Cc1ccccc1)c1ccccc1. The summed E-state index contributed by atoms with van der Waals surface area (Å²) in [6.45, 7) is 4.48. The molecule has 2 atom stereocenters. The van der Waals surface area contributed by atoms with Gasteiger partial charge in [0.15, 0.2) is 0 Å². The van der Waals surface area contributed by atoms with E-state index >= 15 is 0 Å². The van der Waals surface area contributed by atoms with Gasteiger partial charge >= 0.3 is 0 Å². The van der Waals surface area contributed by atoms with Crippen LogP contribution in [-0.2, 0) is 6.42 Å². The van der Waals surface area contributed by atoms with Crippen LogP contribution in [0.3, 0.4) is 0 Å². The molecule has 21 heavy (non-hydrogen) atoms. The number of hydrogen-bond donors (Lipinski definition) is 2. The Balaban J connectivity index is 2.11. The highest BCUT2D eigenvalue weighted by Gasteiger charge is 2.20. The van der Waals surface area contributed by atoms with Gasteiger partial charge in [-0.25, -0.2) is 0 Å². The fourth-order valence-electron chi connectivity index (χ4n) is 2.31. The smallest absolute Gasteiger partial charge is 0.0741 e. The second-order valence-corrected chi connectivity index (χ2v) is 5.88. The summed E-state index contributed by atoms with van der Waals surface area (Å²) in [5.74, 6) is 0. The molecule has 0 saturated heterocycles. The second kappa shape index (κ2) is 7.39. The molecule has 2 N–H and O–H groups in total. The summed E-state index contributed by atoms with van der Waals surface area (Å²) < 4.78 is 0. The van der Waals surface area contributed by atoms with Crippen molar-refractivity contribution in [3.05, 3.63) is 71.8 Å². The molecule has 0 spiro atoms. The molecule has 0 aliphatic rings. The minimum Gasteiger partial charge on any atom is -0.389 e. The highest BCUT2D eigenvalue weighted by molar-refractivity contribution is 5.23. The fourth-order valence-corrected chi connectivity index (χ4v) is 2.31. The van der Waals surface area contributed by atoms with Crippen LogP contribution in [0.4, 0.5) is 0 Å². The van der Waals surface area contributed by atoms with Crippen LogP contribution < -0.4 is 5.32 Å². The lowest BCUT2D eigenvalue weighted by atomic mass is 9.97. The summed E-state index contributed by atoms with van der Waals surface area (Å²) in [6.07, 6.45) is 1.66. The normalized spacial score (nSPS) is 15.4. The van der Waals surface area contributed by atoms with E-state index in [4.69, 9.17) is 0 Å². The average molecular weight is 283 g/mol. The van der Waals surface area contributed by atoms with E-state index in [1.807, 2.05) is 26.0 Å². The van der Waals surface area contributed by atoms with Crippen LogP contribution in [0.25, 0.3) is 0 Å². The molecule has 2 heteroatoms. The Morgan fingerprint density at radius 3 is 2.14 bits per heavy atom. The van der Waals surface area contributed by atoms with E-state index in [0.29, 0.717) is 6.54 Å². The molecule has 0 aromatic heterocycles. The van der Waals surface area contributed by atoms with E-state index in [1.165, 1.54) is 11.1 Å². The van der Waals surface area contributed by atoms with Crippen molar-refractivity contribution >= 4 is 0 Å². The van der Waals surface area contributed by atoms with Crippen molar-refractivity contribution in [2.45, 2.75) is 38.3 Å². The van der Waals surface area contributed by atoms with E-state index in [-0.39, 0.29) is 6.04 Å². The number of hydrogen-bond acceptors (Lipinski definition) is 2. The molecule has 2 rings (SSSR count). The molecule has 0 bridgehead atoms. The quantitative estimate of drug-likeness (QED) is 0.811. The van der Waals surface area contributed by atoms with Crippen LogP contribution in [-0.4, -0.2) is 17.3 Å². The van der Waals surface area contributed by atoms with Gasteiger partial charge in [-0.05, 0) is 30.9 Å². The fraction of sp³-hybridized carbons (Fsp3) is 0.368. The maximum Gasteiger partial charge on any atom is 0.0741 e. The van der Waals surface area contributed by atoms with Gasteiger partial charge in [0.05, 0.1) is 5.60 Å². The molecule has 2 nitrogen and oxygen atoms in total. The molecule has 0 aliphatic carbocycles. The monoisotopic (exact) mass is 283 g/mol. The minimum atomic E-state index is -0.663. The highest BCUT2D eigenvalue weighted by Crippen LogP contribution is 2.19. The first-order chi connectivity index (χ1) is 10.1. The molecule has 2 aromatic rings. The first kappa shape index (κ1) is 15.7. The third-order valence-electron chi connectivity index (χ3n) is 3.98. The lowest BCUT2D eigenvalue weighted by Gasteiger charge is -2.27. The van der Waals surface area contributed by atoms with Gasteiger partial charge < -0.3 is 10.4 Å². The number of rotatable bonds is 7. The first-order valence-electron chi connectivity index (χ1n) is 7.65. The van der Waals surface area contributed by atoms with Gasteiger partial charge in [-0.1, -0.05) is 67.6 Å². The molecule has 0 saturated carbocycles. The molecular weight excluding hydrogens is 258 g/mol. The van der Waals surface area contributed by atoms with E-state index in [0.717, 1.165) is 12.8 Å². The van der Waals surface area contributed by atoms with Gasteiger partial charge in [-0.2, -0.15) is 0 Å². The van der Waals surface area contributed by atoms with Gasteiger partial charge in [0.1, 0.15) is 0 Å². The molecule has 2 unspecified atom stereocenters. The number of aliphatic hydroxyl groups is 1. The third kappa shape index (κ3) is 5.00. The van der Waals surface area contributed by atoms with Crippen LogP contribution in [0.15, 0.2) is 60.7 Å². The zero-order valence-corrected chi connectivity index (χ0v) is 12.9. The van der Waals surface area contributed by atoms with E-state index in [2.05, 4.69) is 53.8 Å². The van der Waals surface area contributed by atoms with Crippen LogP contribution in [0.2, 0.25) is 0 Å². The molecule has 2 aromatic carbocycles. The lowest BCUT2D eigenvalue weighted by Crippen LogP contribution is -2.39. The maximum absolute atomic E-state index is 10.2. The Bertz CT molecular complexity index is 522. The highest BCUT2D eigenvalue weighted by atomic mass is 16.3. The Kier molecular flexibility index (Phi) is 5.54. The standard InChI is InChI=1S/C19H25NO/c1-3-19(2,21)15-20-18(17-12-8-5-9-13-17)14-16-10-6-4-7-11-16/h4-13,18,20-21H,3,14-15H2,1-2H3. The summed E-state index contributed by atoms with van der Waals surface area (Å²) in [5.41, 5.74) is 1.90. The van der Waals surface area contributed by atoms with Crippen molar-refractivity contribution in [3.8, 4) is 0 Å². The summed E-state index contributed by atoms with van der Waals surface area (Å²) >= 11 is 0. The minimum absolute atomic E-state index is 0.214. The van der Waals surface area contributed by atoms with Crippen molar-refractivity contribution in [1.29, 1.82) is 0 Å². The molecule has 0 amide bonds. The van der Waals surface area contributed by atoms with Crippen molar-refractivity contribution in [3.63, 3.8) is 0 Å². The molecule has 0 aliphatic heterocycles. The molecule has 0 radical (unpaired) electrons. The predicted octanol–water partition coefficient (Wildman–Crippen LogP) is 3.72. The maximum atomic E-state index is 10.2. The largest absolute Gasteiger partial charge is 0.389 e. The average Bonchev–Trinajstić information content (AvgIpc) is 2.53. The van der Waals surface area contributed by atoms with Crippen molar-refractivity contribution in [2.24, 2.45) is 0 Å². The molecule has 112 valence electrons. The summed E-state index contributed by atoms with van der Waals surface area (Å²) in [7, 11) is 0. The van der Waals surface area contributed by atoms with E-state index in [1.54, 1.807) is 0 Å². The summed E-state index contributed by atoms with van der Waals surface area (Å²) in [4.78, 5) is 0. The van der Waals surface area contributed by atoms with Crippen molar-refractivity contribution in [1.82, 2.24) is 5.32 Å². The Morgan fingerprint density at radius 2 is 1.57 bits per heavy atom. The second-order valence-electron chi connectivity index (χ2n) is 5.88. The van der Waals surface area contributed by atoms with Crippen molar-refractivity contribution < 1.29 is 5.11 Å². The predicted molar refractivity (Wildman–Crippen MR) is 88.2 cm³/mol. The molecular formula is C19H25NO. The summed E-state index contributed by atoms with van der Waals surface area (Å²) in [5, 5.41) is 13.7. The number of nitrogens with one attached hydrogen (secondary N) is 1. The topological polar surface area (TPSA) is 32.3 Å². The third-order valence-corrected chi connectivity index (χ3v) is 3.98. The molecule has 0 heterocycles. The first-order valence-corrected chi connectivity index (χ1v) is 7.65. The Hall–Kier alpha value is -1.64. The zero-order chi connectivity index (χ0) is 15.1. The van der Waals surface area contributed by atoms with Gasteiger partial charge in [0, 0.05) is 12.6 Å². The van der Waals surface area contributed by atoms with Crippen LogP contribution in [0.5, 0.6) is 0 Å². The molecule has 0 fully saturated rings. The van der Waals surface area contributed by atoms with E-state index in [9.17, 15) is 5.11 Å². The van der Waals surface area contributed by atoms with E-state index < -0.39 is 5.60 Å². The van der Waals surface area contributed by atoms with Gasteiger partial charge in [0.2, 0.25) is 0 Å². The van der Waals surface area contributed by atoms with Gasteiger partial charge in [-0.3, -0.25) is 0 Å². The Labute approximate surface area is 127 Å². The van der Waals surface area contributed by atoms with Crippen LogP contribution >= 0.6 is 0 Å². The van der Waals surface area contributed by atoms with Crippen LogP contribution in [0.1, 0.15) is 37.4 Å². The zero-order valence-electron chi connectivity index (χ0n) is 12.9. The summed E-state index contributed by atoms with van der Waals surface area (Å²) in [6, 6.07) is 21.1. The number of benzene rings is 2. The van der Waals surface area contributed by atoms with Crippen molar-refractivity contribution in [2.75, 3.05) is 6.54 Å². The van der Waals surface area contributed by atoms with Crippen LogP contribution in [0, 0.1) is 0 Å². The van der Waals surface area contributed by atoms with Gasteiger partial charge in [-0.15, -0.1) is 0 Å². The lowest BCUT2D eigenvalue weighted by molar-refractivity contribution is 0.0527.